The maximum absolute atomic E-state index is 11.4. The molecule has 0 bridgehead atoms. The Hall–Kier alpha value is -2.69. The number of unbranched alkanes of at least 4 members (excludes halogenated alkanes) is 1. The third-order valence-electron chi connectivity index (χ3n) is 3.87. The molecule has 2 aromatic rings. The Kier molecular flexibility index (Phi) is 7.14. The van der Waals surface area contributed by atoms with Crippen LogP contribution in [0.5, 0.6) is 5.75 Å². The molecular weight excluding hydrogens is 316 g/mol. The Morgan fingerprint density at radius 3 is 2.04 bits per heavy atom. The van der Waals surface area contributed by atoms with Crippen molar-refractivity contribution in [2.75, 3.05) is 6.61 Å². The average molecular weight is 340 g/mol. The number of rotatable bonds is 9. The number of carboxylic acids is 1. The van der Waals surface area contributed by atoms with E-state index in [1.807, 2.05) is 43.3 Å². The fourth-order valence-electron chi connectivity index (χ4n) is 2.51. The van der Waals surface area contributed by atoms with Crippen molar-refractivity contribution < 1.29 is 14.6 Å². The lowest BCUT2D eigenvalue weighted by Crippen LogP contribution is -2.11. The summed E-state index contributed by atoms with van der Waals surface area (Å²) in [6.07, 6.45) is 2.53. The number of hydrogen-bond acceptors (Lipinski definition) is 4. The number of azo groups is 1. The van der Waals surface area contributed by atoms with Crippen LogP contribution in [0.2, 0.25) is 0 Å². The Balaban J connectivity index is 2.04. The van der Waals surface area contributed by atoms with Crippen molar-refractivity contribution in [3.05, 3.63) is 54.1 Å². The fourth-order valence-corrected chi connectivity index (χ4v) is 2.51. The van der Waals surface area contributed by atoms with Gasteiger partial charge in [-0.25, -0.2) is 0 Å². The van der Waals surface area contributed by atoms with Crippen LogP contribution in [0.3, 0.4) is 0 Å². The van der Waals surface area contributed by atoms with E-state index in [4.69, 9.17) is 4.74 Å². The maximum Gasteiger partial charge on any atom is 0.310 e. The minimum Gasteiger partial charge on any atom is -0.494 e. The molecule has 0 aliphatic rings. The predicted octanol–water partition coefficient (Wildman–Crippen LogP) is 5.86. The third kappa shape index (κ3) is 5.71. The number of hydrogen-bond donors (Lipinski definition) is 1. The molecule has 0 amide bonds. The Morgan fingerprint density at radius 2 is 1.56 bits per heavy atom. The van der Waals surface area contributed by atoms with Crippen LogP contribution in [0.15, 0.2) is 58.8 Å². The lowest BCUT2D eigenvalue weighted by atomic mass is 9.93. The molecule has 0 fully saturated rings. The standard InChI is InChI=1S/C20H24N2O3/c1-3-5-6-19(20(23)24)15-7-9-16(10-8-15)21-22-17-11-13-18(14-12-17)25-4-2/h7-14,19H,3-6H2,1-2H3,(H,23,24). The van der Waals surface area contributed by atoms with E-state index in [0.717, 1.165) is 29.8 Å². The van der Waals surface area contributed by atoms with Gasteiger partial charge in [-0.2, -0.15) is 10.2 Å². The fraction of sp³-hybridized carbons (Fsp3) is 0.350. The van der Waals surface area contributed by atoms with Gasteiger partial charge in [0.1, 0.15) is 5.75 Å². The van der Waals surface area contributed by atoms with E-state index in [-0.39, 0.29) is 0 Å². The van der Waals surface area contributed by atoms with Gasteiger partial charge in [-0.05, 0) is 55.3 Å². The van der Waals surface area contributed by atoms with Gasteiger partial charge in [-0.15, -0.1) is 0 Å². The summed E-state index contributed by atoms with van der Waals surface area (Å²) in [4.78, 5) is 11.4. The second-order valence-corrected chi connectivity index (χ2v) is 5.75. The molecule has 1 unspecified atom stereocenters. The molecule has 0 saturated carbocycles. The minimum atomic E-state index is -0.780. The maximum atomic E-state index is 11.4. The average Bonchev–Trinajstić information content (AvgIpc) is 2.62. The predicted molar refractivity (Wildman–Crippen MR) is 98.1 cm³/mol. The minimum absolute atomic E-state index is 0.461. The Morgan fingerprint density at radius 1 is 1.00 bits per heavy atom. The quantitative estimate of drug-likeness (QED) is 0.581. The van der Waals surface area contributed by atoms with E-state index >= 15 is 0 Å². The SMILES string of the molecule is CCCCC(C(=O)O)c1ccc(N=Nc2ccc(OCC)cc2)cc1. The van der Waals surface area contributed by atoms with E-state index in [9.17, 15) is 9.90 Å². The molecule has 2 aromatic carbocycles. The summed E-state index contributed by atoms with van der Waals surface area (Å²) in [7, 11) is 0. The summed E-state index contributed by atoms with van der Waals surface area (Å²) in [6, 6.07) is 14.6. The third-order valence-corrected chi connectivity index (χ3v) is 3.87. The van der Waals surface area contributed by atoms with Gasteiger partial charge in [-0.3, -0.25) is 4.79 Å². The molecule has 0 aromatic heterocycles. The van der Waals surface area contributed by atoms with Crippen molar-refractivity contribution >= 4 is 17.3 Å². The normalized spacial score (nSPS) is 12.2. The van der Waals surface area contributed by atoms with Crippen LogP contribution in [0.25, 0.3) is 0 Å². The highest BCUT2D eigenvalue weighted by molar-refractivity contribution is 5.76. The van der Waals surface area contributed by atoms with Crippen molar-refractivity contribution in [3.8, 4) is 5.75 Å². The van der Waals surface area contributed by atoms with Crippen molar-refractivity contribution in [1.82, 2.24) is 0 Å². The van der Waals surface area contributed by atoms with Crippen LogP contribution in [0, 0.1) is 0 Å². The van der Waals surface area contributed by atoms with Crippen LogP contribution >= 0.6 is 0 Å². The Bertz CT molecular complexity index is 694. The zero-order valence-electron chi connectivity index (χ0n) is 14.7. The van der Waals surface area contributed by atoms with Gasteiger partial charge in [0.05, 0.1) is 23.9 Å². The summed E-state index contributed by atoms with van der Waals surface area (Å²) < 4.78 is 5.39. The second kappa shape index (κ2) is 9.57. The molecule has 0 spiro atoms. The molecule has 0 aliphatic heterocycles. The molecule has 0 radical (unpaired) electrons. The summed E-state index contributed by atoms with van der Waals surface area (Å²) >= 11 is 0. The molecule has 0 heterocycles. The molecule has 0 saturated heterocycles. The monoisotopic (exact) mass is 340 g/mol. The summed E-state index contributed by atoms with van der Waals surface area (Å²) in [5.41, 5.74) is 2.23. The van der Waals surface area contributed by atoms with Crippen LogP contribution in [0.1, 0.15) is 44.6 Å². The second-order valence-electron chi connectivity index (χ2n) is 5.75. The number of nitrogens with zero attached hydrogens (tertiary/aromatic N) is 2. The Labute approximate surface area is 148 Å². The zero-order valence-corrected chi connectivity index (χ0v) is 14.7. The topological polar surface area (TPSA) is 71.2 Å². The summed E-state index contributed by atoms with van der Waals surface area (Å²) in [5.74, 6) is -0.438. The van der Waals surface area contributed by atoms with Crippen LogP contribution in [-0.2, 0) is 4.79 Å². The number of carbonyl (C=O) groups is 1. The molecule has 1 atom stereocenters. The van der Waals surface area contributed by atoms with Crippen molar-refractivity contribution in [3.63, 3.8) is 0 Å². The largest absolute Gasteiger partial charge is 0.494 e. The molecular formula is C20H24N2O3. The van der Waals surface area contributed by atoms with E-state index in [1.165, 1.54) is 0 Å². The van der Waals surface area contributed by atoms with Gasteiger partial charge >= 0.3 is 5.97 Å². The lowest BCUT2D eigenvalue weighted by molar-refractivity contribution is -0.139. The number of carboxylic acid groups (broad SMARTS) is 1. The summed E-state index contributed by atoms with van der Waals surface area (Å²) in [6.45, 7) is 4.63. The molecule has 0 aliphatic carbocycles. The molecule has 5 nitrogen and oxygen atoms in total. The van der Waals surface area contributed by atoms with Gasteiger partial charge < -0.3 is 9.84 Å². The molecule has 2 rings (SSSR count). The van der Waals surface area contributed by atoms with Crippen molar-refractivity contribution in [1.29, 1.82) is 0 Å². The number of ether oxygens (including phenoxy) is 1. The van der Waals surface area contributed by atoms with Gasteiger partial charge in [0.15, 0.2) is 0 Å². The van der Waals surface area contributed by atoms with Gasteiger partial charge in [0, 0.05) is 0 Å². The van der Waals surface area contributed by atoms with E-state index in [1.54, 1.807) is 12.1 Å². The van der Waals surface area contributed by atoms with Crippen molar-refractivity contribution in [2.45, 2.75) is 39.0 Å². The molecule has 25 heavy (non-hydrogen) atoms. The van der Waals surface area contributed by atoms with Crippen LogP contribution < -0.4 is 4.74 Å². The first-order valence-corrected chi connectivity index (χ1v) is 8.61. The molecule has 5 heteroatoms. The zero-order chi connectivity index (χ0) is 18.1. The highest BCUT2D eigenvalue weighted by Gasteiger charge is 2.18. The lowest BCUT2D eigenvalue weighted by Gasteiger charge is -2.12. The van der Waals surface area contributed by atoms with Gasteiger partial charge in [0.25, 0.3) is 0 Å². The first-order valence-electron chi connectivity index (χ1n) is 8.61. The van der Waals surface area contributed by atoms with E-state index in [2.05, 4.69) is 17.2 Å². The van der Waals surface area contributed by atoms with Gasteiger partial charge in [0.2, 0.25) is 0 Å². The first kappa shape index (κ1) is 18.6. The highest BCUT2D eigenvalue weighted by Crippen LogP contribution is 2.26. The first-order chi connectivity index (χ1) is 12.1. The van der Waals surface area contributed by atoms with Crippen LogP contribution in [0.4, 0.5) is 11.4 Å². The summed E-state index contributed by atoms with van der Waals surface area (Å²) in [5, 5.41) is 17.8. The van der Waals surface area contributed by atoms with E-state index in [0.29, 0.717) is 18.7 Å². The molecule has 132 valence electrons. The number of benzene rings is 2. The van der Waals surface area contributed by atoms with Crippen LogP contribution in [-0.4, -0.2) is 17.7 Å². The number of aliphatic carboxylic acids is 1. The van der Waals surface area contributed by atoms with Gasteiger partial charge in [-0.1, -0.05) is 31.9 Å². The van der Waals surface area contributed by atoms with E-state index < -0.39 is 11.9 Å². The highest BCUT2D eigenvalue weighted by atomic mass is 16.5. The molecule has 1 N–H and O–H groups in total. The van der Waals surface area contributed by atoms with Crippen molar-refractivity contribution in [2.24, 2.45) is 10.2 Å². The smallest absolute Gasteiger partial charge is 0.310 e.